The van der Waals surface area contributed by atoms with Crippen molar-refractivity contribution < 1.29 is 9.53 Å². The van der Waals surface area contributed by atoms with E-state index in [0.29, 0.717) is 5.78 Å². The van der Waals surface area contributed by atoms with E-state index in [1.54, 1.807) is 0 Å². The SMILES string of the molecule is CCC(CC)OC1(C(=O)C(C)C)CC1. The van der Waals surface area contributed by atoms with Gasteiger partial charge in [-0.25, -0.2) is 0 Å². The quantitative estimate of drug-likeness (QED) is 0.656. The summed E-state index contributed by atoms with van der Waals surface area (Å²) in [6.07, 6.45) is 4.13. The van der Waals surface area contributed by atoms with Crippen molar-refractivity contribution in [3.05, 3.63) is 0 Å². The van der Waals surface area contributed by atoms with Crippen LogP contribution in [0, 0.1) is 5.92 Å². The van der Waals surface area contributed by atoms with Gasteiger partial charge in [-0.1, -0.05) is 27.7 Å². The van der Waals surface area contributed by atoms with E-state index in [9.17, 15) is 4.79 Å². The number of hydrogen-bond donors (Lipinski definition) is 0. The molecule has 1 fully saturated rings. The Balaban J connectivity index is 2.54. The highest BCUT2D eigenvalue weighted by molar-refractivity contribution is 5.91. The molecule has 1 rings (SSSR count). The van der Waals surface area contributed by atoms with Crippen LogP contribution in [0.4, 0.5) is 0 Å². The lowest BCUT2D eigenvalue weighted by atomic mass is 10.0. The molecule has 0 aromatic carbocycles. The molecule has 14 heavy (non-hydrogen) atoms. The van der Waals surface area contributed by atoms with Crippen molar-refractivity contribution in [1.82, 2.24) is 0 Å². The number of ketones is 1. The van der Waals surface area contributed by atoms with Gasteiger partial charge in [0.25, 0.3) is 0 Å². The third kappa shape index (κ3) is 2.35. The van der Waals surface area contributed by atoms with Crippen LogP contribution in [0.3, 0.4) is 0 Å². The maximum absolute atomic E-state index is 11.9. The summed E-state index contributed by atoms with van der Waals surface area (Å²) < 4.78 is 5.92. The molecule has 1 aliphatic rings. The van der Waals surface area contributed by atoms with E-state index in [1.165, 1.54) is 0 Å². The number of hydrogen-bond acceptors (Lipinski definition) is 2. The van der Waals surface area contributed by atoms with Crippen LogP contribution in [0.15, 0.2) is 0 Å². The van der Waals surface area contributed by atoms with Crippen molar-refractivity contribution in [2.75, 3.05) is 0 Å². The lowest BCUT2D eigenvalue weighted by Gasteiger charge is -2.23. The molecule has 0 spiro atoms. The molecule has 0 aliphatic heterocycles. The zero-order valence-corrected chi connectivity index (χ0v) is 9.80. The molecule has 2 heteroatoms. The van der Waals surface area contributed by atoms with Gasteiger partial charge >= 0.3 is 0 Å². The number of carbonyl (C=O) groups is 1. The summed E-state index contributed by atoms with van der Waals surface area (Å²) >= 11 is 0. The molecule has 0 heterocycles. The van der Waals surface area contributed by atoms with Crippen LogP contribution in [0.25, 0.3) is 0 Å². The van der Waals surface area contributed by atoms with E-state index in [4.69, 9.17) is 4.74 Å². The summed E-state index contributed by atoms with van der Waals surface area (Å²) in [7, 11) is 0. The predicted molar refractivity (Wildman–Crippen MR) is 57.3 cm³/mol. The highest BCUT2D eigenvalue weighted by atomic mass is 16.5. The van der Waals surface area contributed by atoms with E-state index < -0.39 is 0 Å². The zero-order valence-electron chi connectivity index (χ0n) is 9.80. The van der Waals surface area contributed by atoms with Gasteiger partial charge in [-0.05, 0) is 25.7 Å². The van der Waals surface area contributed by atoms with E-state index in [-0.39, 0.29) is 17.6 Å². The molecular weight excluding hydrogens is 176 g/mol. The number of rotatable bonds is 6. The summed E-state index contributed by atoms with van der Waals surface area (Å²) in [5.74, 6) is 0.399. The molecule has 0 N–H and O–H groups in total. The Morgan fingerprint density at radius 3 is 2.07 bits per heavy atom. The Morgan fingerprint density at radius 2 is 1.79 bits per heavy atom. The maximum Gasteiger partial charge on any atom is 0.167 e. The molecule has 0 bridgehead atoms. The van der Waals surface area contributed by atoms with E-state index >= 15 is 0 Å². The summed E-state index contributed by atoms with van der Waals surface area (Å²) in [6, 6.07) is 0. The van der Waals surface area contributed by atoms with Crippen LogP contribution in [-0.2, 0) is 9.53 Å². The number of ether oxygens (including phenoxy) is 1. The highest BCUT2D eigenvalue weighted by Crippen LogP contribution is 2.43. The fourth-order valence-corrected chi connectivity index (χ4v) is 1.84. The normalized spacial score (nSPS) is 19.0. The molecule has 0 radical (unpaired) electrons. The monoisotopic (exact) mass is 198 g/mol. The Hall–Kier alpha value is -0.370. The minimum Gasteiger partial charge on any atom is -0.364 e. The molecule has 0 unspecified atom stereocenters. The second kappa shape index (κ2) is 4.43. The molecule has 2 nitrogen and oxygen atoms in total. The Morgan fingerprint density at radius 1 is 1.29 bits per heavy atom. The predicted octanol–water partition coefficient (Wildman–Crippen LogP) is 2.95. The fourth-order valence-electron chi connectivity index (χ4n) is 1.84. The molecule has 1 saturated carbocycles. The maximum atomic E-state index is 11.9. The van der Waals surface area contributed by atoms with Gasteiger partial charge in [0.1, 0.15) is 5.60 Å². The van der Waals surface area contributed by atoms with Crippen LogP contribution in [-0.4, -0.2) is 17.5 Å². The molecule has 0 aromatic heterocycles. The fraction of sp³-hybridized carbons (Fsp3) is 0.917. The van der Waals surface area contributed by atoms with Gasteiger partial charge in [0.2, 0.25) is 0 Å². The zero-order chi connectivity index (χ0) is 10.8. The third-order valence-corrected chi connectivity index (χ3v) is 2.98. The van der Waals surface area contributed by atoms with Gasteiger partial charge in [-0.2, -0.15) is 0 Å². The first-order valence-electron chi connectivity index (χ1n) is 5.78. The largest absolute Gasteiger partial charge is 0.364 e. The minimum atomic E-state index is -0.384. The first kappa shape index (κ1) is 11.7. The summed E-state index contributed by atoms with van der Waals surface area (Å²) in [5, 5.41) is 0. The Bertz CT molecular complexity index is 200. The smallest absolute Gasteiger partial charge is 0.167 e. The Labute approximate surface area is 87.0 Å². The second-order valence-electron chi connectivity index (χ2n) is 4.57. The van der Waals surface area contributed by atoms with Crippen molar-refractivity contribution in [2.45, 2.75) is 65.1 Å². The van der Waals surface area contributed by atoms with Crippen LogP contribution in [0.2, 0.25) is 0 Å². The van der Waals surface area contributed by atoms with E-state index in [0.717, 1.165) is 25.7 Å². The summed E-state index contributed by atoms with van der Waals surface area (Å²) in [5.41, 5.74) is -0.384. The summed E-state index contributed by atoms with van der Waals surface area (Å²) in [4.78, 5) is 11.9. The third-order valence-electron chi connectivity index (χ3n) is 2.98. The van der Waals surface area contributed by atoms with Gasteiger partial charge < -0.3 is 4.74 Å². The average molecular weight is 198 g/mol. The van der Waals surface area contributed by atoms with Crippen LogP contribution < -0.4 is 0 Å². The summed E-state index contributed by atoms with van der Waals surface area (Å²) in [6.45, 7) is 8.14. The minimum absolute atomic E-state index is 0.104. The van der Waals surface area contributed by atoms with Crippen molar-refractivity contribution >= 4 is 5.78 Å². The van der Waals surface area contributed by atoms with Gasteiger partial charge in [0, 0.05) is 5.92 Å². The standard InChI is InChI=1S/C12H22O2/c1-5-10(6-2)14-12(7-8-12)11(13)9(3)4/h9-10H,5-8H2,1-4H3. The molecule has 82 valence electrons. The topological polar surface area (TPSA) is 26.3 Å². The Kier molecular flexibility index (Phi) is 3.71. The van der Waals surface area contributed by atoms with Crippen molar-refractivity contribution in [2.24, 2.45) is 5.92 Å². The van der Waals surface area contributed by atoms with Gasteiger partial charge in [0.05, 0.1) is 6.10 Å². The first-order valence-corrected chi connectivity index (χ1v) is 5.78. The van der Waals surface area contributed by atoms with Crippen LogP contribution >= 0.6 is 0 Å². The highest BCUT2D eigenvalue weighted by Gasteiger charge is 2.52. The van der Waals surface area contributed by atoms with E-state index in [1.807, 2.05) is 13.8 Å². The van der Waals surface area contributed by atoms with Gasteiger partial charge in [-0.3, -0.25) is 4.79 Å². The van der Waals surface area contributed by atoms with Gasteiger partial charge in [0.15, 0.2) is 5.78 Å². The number of carbonyl (C=O) groups excluding carboxylic acids is 1. The van der Waals surface area contributed by atoms with E-state index in [2.05, 4.69) is 13.8 Å². The number of Topliss-reactive ketones (excluding diaryl/α,β-unsaturated/α-hetero) is 1. The lowest BCUT2D eigenvalue weighted by Crippen LogP contribution is -2.34. The molecule has 0 saturated heterocycles. The average Bonchev–Trinajstić information content (AvgIpc) is 2.94. The first-order chi connectivity index (χ1) is 6.55. The molecule has 1 aliphatic carbocycles. The second-order valence-corrected chi connectivity index (χ2v) is 4.57. The molecule has 0 aromatic rings. The van der Waals surface area contributed by atoms with Crippen molar-refractivity contribution in [1.29, 1.82) is 0 Å². The van der Waals surface area contributed by atoms with Crippen LogP contribution in [0.5, 0.6) is 0 Å². The molecule has 0 atom stereocenters. The van der Waals surface area contributed by atoms with Crippen molar-refractivity contribution in [3.63, 3.8) is 0 Å². The lowest BCUT2D eigenvalue weighted by molar-refractivity contribution is -0.141. The van der Waals surface area contributed by atoms with Crippen molar-refractivity contribution in [3.8, 4) is 0 Å². The van der Waals surface area contributed by atoms with Crippen LogP contribution in [0.1, 0.15) is 53.4 Å². The molecule has 0 amide bonds. The molecular formula is C12H22O2. The van der Waals surface area contributed by atoms with Gasteiger partial charge in [-0.15, -0.1) is 0 Å².